The predicted molar refractivity (Wildman–Crippen MR) is 77.0 cm³/mol. The molecule has 0 atom stereocenters. The summed E-state index contributed by atoms with van der Waals surface area (Å²) in [5.41, 5.74) is 1.45. The molecule has 4 heteroatoms. The maximum atomic E-state index is 11.9. The van der Waals surface area contributed by atoms with Gasteiger partial charge in [-0.25, -0.2) is 9.59 Å². The number of rotatable bonds is 7. The van der Waals surface area contributed by atoms with E-state index in [0.29, 0.717) is 5.56 Å². The number of aryl methyl sites for hydroxylation is 1. The lowest BCUT2D eigenvalue weighted by Crippen LogP contribution is -2.14. The average Bonchev–Trinajstić information content (AvgIpc) is 2.49. The number of hydrogen-bond acceptors (Lipinski definition) is 4. The van der Waals surface area contributed by atoms with Crippen LogP contribution in [0.5, 0.6) is 0 Å². The van der Waals surface area contributed by atoms with Gasteiger partial charge in [-0.1, -0.05) is 38.3 Å². The highest BCUT2D eigenvalue weighted by molar-refractivity contribution is 6.04. The molecule has 1 aromatic carbocycles. The highest BCUT2D eigenvalue weighted by atomic mass is 16.5. The summed E-state index contributed by atoms with van der Waals surface area (Å²) in [7, 11) is 2.62. The highest BCUT2D eigenvalue weighted by Gasteiger charge is 2.21. The van der Waals surface area contributed by atoms with Crippen LogP contribution in [0.2, 0.25) is 0 Å². The largest absolute Gasteiger partial charge is 0.465 e. The van der Waals surface area contributed by atoms with Gasteiger partial charge in [-0.15, -0.1) is 0 Å². The maximum absolute atomic E-state index is 11.9. The Labute approximate surface area is 120 Å². The fraction of sp³-hybridized carbons (Fsp3) is 0.500. The van der Waals surface area contributed by atoms with E-state index in [4.69, 9.17) is 9.47 Å². The van der Waals surface area contributed by atoms with E-state index in [1.54, 1.807) is 12.1 Å². The van der Waals surface area contributed by atoms with E-state index in [1.165, 1.54) is 20.6 Å². The van der Waals surface area contributed by atoms with Crippen molar-refractivity contribution in [3.63, 3.8) is 0 Å². The smallest absolute Gasteiger partial charge is 0.339 e. The zero-order valence-corrected chi connectivity index (χ0v) is 12.4. The van der Waals surface area contributed by atoms with Gasteiger partial charge >= 0.3 is 11.9 Å². The zero-order chi connectivity index (χ0) is 15.0. The number of unbranched alkanes of at least 4 members (excludes halogenated alkanes) is 3. The van der Waals surface area contributed by atoms with Crippen molar-refractivity contribution in [2.24, 2.45) is 0 Å². The van der Waals surface area contributed by atoms with E-state index in [2.05, 4.69) is 6.92 Å². The molecule has 0 fully saturated rings. The van der Waals surface area contributed by atoms with Crippen molar-refractivity contribution in [3.8, 4) is 0 Å². The molecule has 0 bridgehead atoms. The van der Waals surface area contributed by atoms with E-state index in [9.17, 15) is 9.59 Å². The zero-order valence-electron chi connectivity index (χ0n) is 12.4. The summed E-state index contributed by atoms with van der Waals surface area (Å²) in [5.74, 6) is -1.00. The molecule has 0 amide bonds. The van der Waals surface area contributed by atoms with Crippen molar-refractivity contribution in [2.75, 3.05) is 14.2 Å². The van der Waals surface area contributed by atoms with Gasteiger partial charge in [0.1, 0.15) is 0 Å². The van der Waals surface area contributed by atoms with Crippen LogP contribution in [0.1, 0.15) is 58.9 Å². The van der Waals surface area contributed by atoms with Crippen LogP contribution >= 0.6 is 0 Å². The lowest BCUT2D eigenvalue weighted by molar-refractivity contribution is 0.0554. The number of carbonyl (C=O) groups excluding carboxylic acids is 2. The fourth-order valence-corrected chi connectivity index (χ4v) is 2.17. The van der Waals surface area contributed by atoms with Gasteiger partial charge in [-0.2, -0.15) is 0 Å². The van der Waals surface area contributed by atoms with Crippen molar-refractivity contribution in [1.82, 2.24) is 0 Å². The van der Waals surface area contributed by atoms with E-state index >= 15 is 0 Å². The van der Waals surface area contributed by atoms with Crippen LogP contribution in [0, 0.1) is 0 Å². The standard InChI is InChI=1S/C16H22O4/c1-4-5-6-7-9-12-10-8-11-13(15(17)19-2)14(12)16(18)20-3/h8,10-11H,4-7,9H2,1-3H3. The van der Waals surface area contributed by atoms with Crippen LogP contribution < -0.4 is 0 Å². The van der Waals surface area contributed by atoms with Gasteiger partial charge in [0, 0.05) is 0 Å². The third-order valence-electron chi connectivity index (χ3n) is 3.25. The maximum Gasteiger partial charge on any atom is 0.339 e. The molecule has 0 radical (unpaired) electrons. The van der Waals surface area contributed by atoms with Crippen molar-refractivity contribution in [1.29, 1.82) is 0 Å². The van der Waals surface area contributed by atoms with Crippen molar-refractivity contribution >= 4 is 11.9 Å². The summed E-state index contributed by atoms with van der Waals surface area (Å²) in [6, 6.07) is 5.23. The summed E-state index contributed by atoms with van der Waals surface area (Å²) in [6.45, 7) is 2.15. The minimum Gasteiger partial charge on any atom is -0.465 e. The Hall–Kier alpha value is -1.84. The first kappa shape index (κ1) is 16.2. The normalized spacial score (nSPS) is 10.2. The molecule has 0 unspecified atom stereocenters. The first-order valence-electron chi connectivity index (χ1n) is 6.94. The SMILES string of the molecule is CCCCCCc1cccc(C(=O)OC)c1C(=O)OC. The lowest BCUT2D eigenvalue weighted by Gasteiger charge is -2.11. The average molecular weight is 278 g/mol. The molecule has 0 aromatic heterocycles. The molecule has 0 aliphatic heterocycles. The minimum atomic E-state index is -0.513. The molecule has 0 heterocycles. The molecule has 1 rings (SSSR count). The molecule has 1 aromatic rings. The monoisotopic (exact) mass is 278 g/mol. The lowest BCUT2D eigenvalue weighted by atomic mass is 9.96. The van der Waals surface area contributed by atoms with Crippen LogP contribution in [0.25, 0.3) is 0 Å². The Morgan fingerprint density at radius 1 is 1.00 bits per heavy atom. The molecule has 20 heavy (non-hydrogen) atoms. The van der Waals surface area contributed by atoms with Gasteiger partial charge in [0.2, 0.25) is 0 Å². The predicted octanol–water partition coefficient (Wildman–Crippen LogP) is 3.38. The first-order chi connectivity index (χ1) is 9.65. The van der Waals surface area contributed by atoms with Gasteiger partial charge in [-0.3, -0.25) is 0 Å². The molecule has 0 saturated heterocycles. The molecule has 110 valence electrons. The first-order valence-corrected chi connectivity index (χ1v) is 6.94. The number of methoxy groups -OCH3 is 2. The Morgan fingerprint density at radius 2 is 1.70 bits per heavy atom. The quantitative estimate of drug-likeness (QED) is 0.566. The minimum absolute atomic E-state index is 0.271. The Morgan fingerprint density at radius 3 is 2.30 bits per heavy atom. The fourth-order valence-electron chi connectivity index (χ4n) is 2.17. The molecular formula is C16H22O4. The number of carbonyl (C=O) groups is 2. The van der Waals surface area contributed by atoms with Crippen molar-refractivity contribution in [2.45, 2.75) is 39.0 Å². The van der Waals surface area contributed by atoms with Gasteiger partial charge in [0.25, 0.3) is 0 Å². The summed E-state index contributed by atoms with van der Waals surface area (Å²) in [4.78, 5) is 23.7. The molecule has 0 N–H and O–H groups in total. The number of esters is 2. The second-order valence-corrected chi connectivity index (χ2v) is 4.63. The van der Waals surface area contributed by atoms with Crippen LogP contribution in [-0.2, 0) is 15.9 Å². The number of ether oxygens (including phenoxy) is 2. The Balaban J connectivity index is 3.03. The molecular weight excluding hydrogens is 256 g/mol. The number of hydrogen-bond donors (Lipinski definition) is 0. The Kier molecular flexibility index (Phi) is 6.77. The van der Waals surface area contributed by atoms with Crippen molar-refractivity contribution < 1.29 is 19.1 Å². The second kappa shape index (κ2) is 8.35. The van der Waals surface area contributed by atoms with Crippen LogP contribution in [0.3, 0.4) is 0 Å². The highest BCUT2D eigenvalue weighted by Crippen LogP contribution is 2.20. The van der Waals surface area contributed by atoms with Crippen LogP contribution in [0.4, 0.5) is 0 Å². The van der Waals surface area contributed by atoms with Gasteiger partial charge in [0.05, 0.1) is 25.3 Å². The Bertz CT molecular complexity index is 466. The topological polar surface area (TPSA) is 52.6 Å². The van der Waals surface area contributed by atoms with E-state index in [1.807, 2.05) is 6.07 Å². The third-order valence-corrected chi connectivity index (χ3v) is 3.25. The second-order valence-electron chi connectivity index (χ2n) is 4.63. The summed E-state index contributed by atoms with van der Waals surface area (Å²) in [6.07, 6.45) is 5.19. The van der Waals surface area contributed by atoms with Crippen molar-refractivity contribution in [3.05, 3.63) is 34.9 Å². The van der Waals surface area contributed by atoms with Gasteiger partial charge in [0.15, 0.2) is 0 Å². The molecule has 0 spiro atoms. The molecule has 4 nitrogen and oxygen atoms in total. The van der Waals surface area contributed by atoms with Gasteiger partial charge in [-0.05, 0) is 24.5 Å². The van der Waals surface area contributed by atoms with Gasteiger partial charge < -0.3 is 9.47 Å². The van der Waals surface area contributed by atoms with Crippen LogP contribution in [0.15, 0.2) is 18.2 Å². The van der Waals surface area contributed by atoms with E-state index in [-0.39, 0.29) is 5.56 Å². The molecule has 0 saturated carbocycles. The summed E-state index contributed by atoms with van der Waals surface area (Å²) in [5, 5.41) is 0. The molecule has 0 aliphatic rings. The summed E-state index contributed by atoms with van der Waals surface area (Å²) >= 11 is 0. The van der Waals surface area contributed by atoms with E-state index < -0.39 is 11.9 Å². The molecule has 0 aliphatic carbocycles. The third kappa shape index (κ3) is 4.08. The van der Waals surface area contributed by atoms with Crippen LogP contribution in [-0.4, -0.2) is 26.2 Å². The number of benzene rings is 1. The van der Waals surface area contributed by atoms with E-state index in [0.717, 1.165) is 31.2 Å². The summed E-state index contributed by atoms with van der Waals surface area (Å²) < 4.78 is 9.52.